The smallest absolute Gasteiger partial charge is 0.249 e. The van der Waals surface area contributed by atoms with Crippen molar-refractivity contribution in [1.29, 1.82) is 0 Å². The lowest BCUT2D eigenvalue weighted by atomic mass is 10.0. The number of fused-ring (bicyclic) bond motifs is 1. The molecule has 4 N–H and O–H groups in total. The summed E-state index contributed by atoms with van der Waals surface area (Å²) >= 11 is 0. The molecule has 2 atom stereocenters. The zero-order chi connectivity index (χ0) is 12.6. The second-order valence-electron chi connectivity index (χ2n) is 3.88. The Morgan fingerprint density at radius 3 is 2.82 bits per heavy atom. The summed E-state index contributed by atoms with van der Waals surface area (Å²) in [7, 11) is 1.77. The average molecular weight is 235 g/mol. The van der Waals surface area contributed by atoms with Crippen molar-refractivity contribution in [3.8, 4) is 0 Å². The van der Waals surface area contributed by atoms with Crippen LogP contribution in [0.2, 0.25) is 0 Å². The van der Waals surface area contributed by atoms with Gasteiger partial charge in [0.2, 0.25) is 5.91 Å². The van der Waals surface area contributed by atoms with E-state index in [4.69, 9.17) is 5.73 Å². The van der Waals surface area contributed by atoms with Gasteiger partial charge in [0, 0.05) is 12.4 Å². The minimum absolute atomic E-state index is 0.424. The van der Waals surface area contributed by atoms with E-state index in [1.807, 2.05) is 0 Å². The number of rotatable bonds is 3. The molecule has 1 aromatic carbocycles. The van der Waals surface area contributed by atoms with Crippen molar-refractivity contribution in [3.63, 3.8) is 0 Å². The van der Waals surface area contributed by atoms with Gasteiger partial charge < -0.3 is 15.9 Å². The number of amides is 1. The number of benzene rings is 1. The predicted molar refractivity (Wildman–Crippen MR) is 60.9 cm³/mol. The number of aryl methyl sites for hydroxylation is 1. The van der Waals surface area contributed by atoms with Gasteiger partial charge in [-0.2, -0.15) is 5.10 Å². The fourth-order valence-corrected chi connectivity index (χ4v) is 1.68. The standard InChI is InChI=1S/C11H13N3O3/c1-14-8-4-6(2-3-7(8)5-13-14)9(15)10(16)11(12)17/h2-5,9-10,15-16H,1H3,(H2,12,17). The van der Waals surface area contributed by atoms with Gasteiger partial charge in [0.05, 0.1) is 11.7 Å². The quantitative estimate of drug-likeness (QED) is 0.664. The summed E-state index contributed by atoms with van der Waals surface area (Å²) in [4.78, 5) is 10.8. The fraction of sp³-hybridized carbons (Fsp3) is 0.273. The van der Waals surface area contributed by atoms with Crippen LogP contribution in [0.15, 0.2) is 24.4 Å². The Morgan fingerprint density at radius 2 is 2.18 bits per heavy atom. The Morgan fingerprint density at radius 1 is 1.47 bits per heavy atom. The number of aromatic nitrogens is 2. The van der Waals surface area contributed by atoms with E-state index in [1.54, 1.807) is 36.1 Å². The molecule has 1 aromatic heterocycles. The number of primary amides is 1. The van der Waals surface area contributed by atoms with Crippen molar-refractivity contribution in [2.45, 2.75) is 12.2 Å². The maximum absolute atomic E-state index is 10.8. The highest BCUT2D eigenvalue weighted by Crippen LogP contribution is 2.22. The van der Waals surface area contributed by atoms with Crippen LogP contribution in [-0.2, 0) is 11.8 Å². The SMILES string of the molecule is Cn1ncc2ccc(C(O)C(O)C(N)=O)cc21. The summed E-state index contributed by atoms with van der Waals surface area (Å²) in [6, 6.07) is 5.05. The van der Waals surface area contributed by atoms with Crippen LogP contribution in [0.3, 0.4) is 0 Å². The lowest BCUT2D eigenvalue weighted by Crippen LogP contribution is -2.33. The normalized spacial score (nSPS) is 14.8. The summed E-state index contributed by atoms with van der Waals surface area (Å²) in [6.07, 6.45) is -1.25. The van der Waals surface area contributed by atoms with Crippen LogP contribution in [0, 0.1) is 0 Å². The molecule has 0 bridgehead atoms. The number of aliphatic hydroxyl groups excluding tert-OH is 2. The summed E-state index contributed by atoms with van der Waals surface area (Å²) in [5.74, 6) is -0.956. The highest BCUT2D eigenvalue weighted by Gasteiger charge is 2.23. The molecule has 0 fully saturated rings. The van der Waals surface area contributed by atoms with E-state index >= 15 is 0 Å². The van der Waals surface area contributed by atoms with Crippen molar-refractivity contribution < 1.29 is 15.0 Å². The van der Waals surface area contributed by atoms with E-state index in [0.717, 1.165) is 10.9 Å². The van der Waals surface area contributed by atoms with E-state index in [9.17, 15) is 15.0 Å². The van der Waals surface area contributed by atoms with Gasteiger partial charge in [0.15, 0.2) is 6.10 Å². The lowest BCUT2D eigenvalue weighted by molar-refractivity contribution is -0.131. The average Bonchev–Trinajstić information content (AvgIpc) is 2.68. The number of aliphatic hydroxyl groups is 2. The first-order valence-corrected chi connectivity index (χ1v) is 5.08. The summed E-state index contributed by atoms with van der Waals surface area (Å²) < 4.78 is 1.64. The molecular weight excluding hydrogens is 222 g/mol. The largest absolute Gasteiger partial charge is 0.385 e. The molecule has 0 spiro atoms. The van der Waals surface area contributed by atoms with Crippen molar-refractivity contribution >= 4 is 16.8 Å². The molecular formula is C11H13N3O3. The van der Waals surface area contributed by atoms with Crippen molar-refractivity contribution in [2.24, 2.45) is 12.8 Å². The molecule has 90 valence electrons. The van der Waals surface area contributed by atoms with Crippen molar-refractivity contribution in [1.82, 2.24) is 9.78 Å². The van der Waals surface area contributed by atoms with Gasteiger partial charge in [-0.15, -0.1) is 0 Å². The minimum atomic E-state index is -1.61. The zero-order valence-electron chi connectivity index (χ0n) is 9.24. The molecule has 0 radical (unpaired) electrons. The molecule has 6 nitrogen and oxygen atoms in total. The molecule has 0 saturated carbocycles. The number of nitrogens with two attached hydrogens (primary N) is 1. The summed E-state index contributed by atoms with van der Waals surface area (Å²) in [5.41, 5.74) is 6.16. The molecule has 6 heteroatoms. The van der Waals surface area contributed by atoms with Crippen LogP contribution in [0.4, 0.5) is 0 Å². The third-order valence-corrected chi connectivity index (χ3v) is 2.71. The van der Waals surface area contributed by atoms with Gasteiger partial charge in [-0.1, -0.05) is 12.1 Å². The first-order chi connectivity index (χ1) is 8.00. The number of hydrogen-bond donors (Lipinski definition) is 3. The van der Waals surface area contributed by atoms with Crippen LogP contribution < -0.4 is 5.73 Å². The first-order valence-electron chi connectivity index (χ1n) is 5.08. The van der Waals surface area contributed by atoms with E-state index in [0.29, 0.717) is 5.56 Å². The Bertz CT molecular complexity index is 564. The van der Waals surface area contributed by atoms with E-state index < -0.39 is 18.1 Å². The number of nitrogens with zero attached hydrogens (tertiary/aromatic N) is 2. The fourth-order valence-electron chi connectivity index (χ4n) is 1.68. The van der Waals surface area contributed by atoms with Crippen LogP contribution in [0.25, 0.3) is 10.9 Å². The highest BCUT2D eigenvalue weighted by molar-refractivity contribution is 5.81. The molecule has 2 rings (SSSR count). The third-order valence-electron chi connectivity index (χ3n) is 2.71. The molecule has 0 aliphatic carbocycles. The molecule has 2 aromatic rings. The Kier molecular flexibility index (Phi) is 2.83. The van der Waals surface area contributed by atoms with Gasteiger partial charge in [-0.25, -0.2) is 0 Å². The van der Waals surface area contributed by atoms with E-state index in [-0.39, 0.29) is 0 Å². The topological polar surface area (TPSA) is 101 Å². The molecule has 1 amide bonds. The van der Waals surface area contributed by atoms with Crippen LogP contribution >= 0.6 is 0 Å². The number of carbonyl (C=O) groups is 1. The first kappa shape index (κ1) is 11.6. The van der Waals surface area contributed by atoms with Crippen LogP contribution in [0.5, 0.6) is 0 Å². The Balaban J connectivity index is 2.42. The second kappa shape index (κ2) is 4.15. The van der Waals surface area contributed by atoms with Crippen molar-refractivity contribution in [2.75, 3.05) is 0 Å². The Hall–Kier alpha value is -1.92. The van der Waals surface area contributed by atoms with Gasteiger partial charge in [0.25, 0.3) is 0 Å². The van der Waals surface area contributed by atoms with E-state index in [1.165, 1.54) is 0 Å². The van der Waals surface area contributed by atoms with Crippen LogP contribution in [0.1, 0.15) is 11.7 Å². The van der Waals surface area contributed by atoms with Gasteiger partial charge in [-0.3, -0.25) is 9.48 Å². The minimum Gasteiger partial charge on any atom is -0.385 e. The molecule has 0 aliphatic heterocycles. The summed E-state index contributed by atoms with van der Waals surface area (Å²) in [5, 5.41) is 24.1. The molecule has 0 saturated heterocycles. The predicted octanol–water partition coefficient (Wildman–Crippen LogP) is -0.547. The van der Waals surface area contributed by atoms with Gasteiger partial charge in [-0.05, 0) is 11.6 Å². The monoisotopic (exact) mass is 235 g/mol. The van der Waals surface area contributed by atoms with Crippen molar-refractivity contribution in [3.05, 3.63) is 30.0 Å². The van der Waals surface area contributed by atoms with Crippen LogP contribution in [-0.4, -0.2) is 32.0 Å². The maximum Gasteiger partial charge on any atom is 0.249 e. The van der Waals surface area contributed by atoms with Gasteiger partial charge in [0.1, 0.15) is 6.10 Å². The second-order valence-corrected chi connectivity index (χ2v) is 3.88. The third kappa shape index (κ3) is 2.00. The highest BCUT2D eigenvalue weighted by atomic mass is 16.3. The molecule has 17 heavy (non-hydrogen) atoms. The van der Waals surface area contributed by atoms with E-state index in [2.05, 4.69) is 5.10 Å². The molecule has 1 heterocycles. The summed E-state index contributed by atoms with van der Waals surface area (Å²) in [6.45, 7) is 0. The lowest BCUT2D eigenvalue weighted by Gasteiger charge is -2.15. The van der Waals surface area contributed by atoms with Gasteiger partial charge >= 0.3 is 0 Å². The Labute approximate surface area is 97.3 Å². The molecule has 0 aliphatic rings. The molecule has 2 unspecified atom stereocenters. The number of carbonyl (C=O) groups excluding carboxylic acids is 1. The number of hydrogen-bond acceptors (Lipinski definition) is 4. The zero-order valence-corrected chi connectivity index (χ0v) is 9.24. The maximum atomic E-state index is 10.8.